The molecule has 1 atom stereocenters. The average Bonchev–Trinajstić information content (AvgIpc) is 2.67. The lowest BCUT2D eigenvalue weighted by Crippen LogP contribution is -2.36. The number of carbonyl (C=O) groups excluding carboxylic acids is 2. The largest absolute Gasteiger partial charge is 0.383 e. The number of benzene rings is 1. The number of nitrogens with zero attached hydrogens (tertiary/aromatic N) is 1. The predicted octanol–water partition coefficient (Wildman–Crippen LogP) is 1.82. The quantitative estimate of drug-likeness (QED) is 0.836. The van der Waals surface area contributed by atoms with E-state index in [9.17, 15) is 14.0 Å². The third kappa shape index (κ3) is 2.38. The second-order valence-electron chi connectivity index (χ2n) is 4.72. The summed E-state index contributed by atoms with van der Waals surface area (Å²) >= 11 is 0. The Labute approximate surface area is 116 Å². The summed E-state index contributed by atoms with van der Waals surface area (Å²) in [6.45, 7) is 4.86. The van der Waals surface area contributed by atoms with Gasteiger partial charge in [-0.1, -0.05) is 0 Å². The maximum Gasteiger partial charge on any atom is 0.296 e. The molecule has 1 amide bonds. The SMILES string of the molecule is CCN(c1cc2c(cc1F)C(=O)C(=O)N2)C(C)COC. The van der Waals surface area contributed by atoms with Gasteiger partial charge < -0.3 is 15.0 Å². The van der Waals surface area contributed by atoms with E-state index in [4.69, 9.17) is 4.74 Å². The topological polar surface area (TPSA) is 58.6 Å². The molecule has 1 aromatic rings. The van der Waals surface area contributed by atoms with Crippen LogP contribution in [0.15, 0.2) is 12.1 Å². The monoisotopic (exact) mass is 280 g/mol. The third-order valence-electron chi connectivity index (χ3n) is 3.38. The van der Waals surface area contributed by atoms with Crippen molar-refractivity contribution in [3.05, 3.63) is 23.5 Å². The smallest absolute Gasteiger partial charge is 0.296 e. The Morgan fingerprint density at radius 2 is 2.10 bits per heavy atom. The molecule has 0 aromatic heterocycles. The number of hydrogen-bond donors (Lipinski definition) is 1. The molecule has 0 saturated carbocycles. The Hall–Kier alpha value is -1.95. The first kappa shape index (κ1) is 14.5. The van der Waals surface area contributed by atoms with Crippen molar-refractivity contribution >= 4 is 23.1 Å². The zero-order valence-corrected chi connectivity index (χ0v) is 11.7. The molecule has 1 unspecified atom stereocenters. The van der Waals surface area contributed by atoms with E-state index in [0.717, 1.165) is 6.07 Å². The zero-order valence-electron chi connectivity index (χ0n) is 11.7. The van der Waals surface area contributed by atoms with Gasteiger partial charge in [-0.15, -0.1) is 0 Å². The van der Waals surface area contributed by atoms with Crippen molar-refractivity contribution in [1.29, 1.82) is 0 Å². The van der Waals surface area contributed by atoms with Crippen LogP contribution in [-0.2, 0) is 9.53 Å². The highest BCUT2D eigenvalue weighted by Crippen LogP contribution is 2.32. The summed E-state index contributed by atoms with van der Waals surface area (Å²) in [5, 5.41) is 2.45. The van der Waals surface area contributed by atoms with Gasteiger partial charge in [0.15, 0.2) is 0 Å². The van der Waals surface area contributed by atoms with Crippen molar-refractivity contribution in [1.82, 2.24) is 0 Å². The molecule has 1 aliphatic rings. The number of rotatable bonds is 5. The van der Waals surface area contributed by atoms with Crippen LogP contribution in [0.4, 0.5) is 15.8 Å². The molecule has 0 bridgehead atoms. The van der Waals surface area contributed by atoms with Crippen LogP contribution in [0.5, 0.6) is 0 Å². The Bertz CT molecular complexity index is 560. The van der Waals surface area contributed by atoms with E-state index in [2.05, 4.69) is 5.32 Å². The van der Waals surface area contributed by atoms with E-state index in [0.29, 0.717) is 24.5 Å². The molecule has 5 nitrogen and oxygen atoms in total. The molecule has 2 rings (SSSR count). The van der Waals surface area contributed by atoms with Crippen LogP contribution in [0.1, 0.15) is 24.2 Å². The predicted molar refractivity (Wildman–Crippen MR) is 73.7 cm³/mol. The number of ether oxygens (including phenoxy) is 1. The van der Waals surface area contributed by atoms with E-state index in [1.165, 1.54) is 6.07 Å². The summed E-state index contributed by atoms with van der Waals surface area (Å²) in [6, 6.07) is 2.60. The number of amides is 1. The summed E-state index contributed by atoms with van der Waals surface area (Å²) in [7, 11) is 1.59. The number of hydrogen-bond acceptors (Lipinski definition) is 4. The van der Waals surface area contributed by atoms with Crippen molar-refractivity contribution < 1.29 is 18.7 Å². The first-order chi connectivity index (χ1) is 9.49. The van der Waals surface area contributed by atoms with Crippen molar-refractivity contribution in [2.45, 2.75) is 19.9 Å². The van der Waals surface area contributed by atoms with Gasteiger partial charge in [-0.05, 0) is 26.0 Å². The van der Waals surface area contributed by atoms with E-state index < -0.39 is 17.5 Å². The number of fused-ring (bicyclic) bond motifs is 1. The van der Waals surface area contributed by atoms with E-state index in [1.807, 2.05) is 18.7 Å². The zero-order chi connectivity index (χ0) is 14.9. The van der Waals surface area contributed by atoms with Gasteiger partial charge in [0.05, 0.1) is 23.5 Å². The van der Waals surface area contributed by atoms with Crippen LogP contribution in [0.25, 0.3) is 0 Å². The number of methoxy groups -OCH3 is 1. The lowest BCUT2D eigenvalue weighted by atomic mass is 10.1. The Balaban J connectivity index is 2.41. The second kappa shape index (κ2) is 5.58. The molecule has 20 heavy (non-hydrogen) atoms. The summed E-state index contributed by atoms with van der Waals surface area (Å²) in [4.78, 5) is 24.7. The maximum absolute atomic E-state index is 14.2. The molecule has 0 fully saturated rings. The summed E-state index contributed by atoms with van der Waals surface area (Å²) in [5.74, 6) is -1.93. The number of carbonyl (C=O) groups is 2. The Morgan fingerprint density at radius 1 is 1.40 bits per heavy atom. The minimum atomic E-state index is -0.718. The average molecular weight is 280 g/mol. The van der Waals surface area contributed by atoms with Gasteiger partial charge in [0, 0.05) is 19.7 Å². The van der Waals surface area contributed by atoms with E-state index >= 15 is 0 Å². The minimum Gasteiger partial charge on any atom is -0.383 e. The van der Waals surface area contributed by atoms with Crippen molar-refractivity contribution in [2.24, 2.45) is 0 Å². The van der Waals surface area contributed by atoms with Crippen LogP contribution in [0.2, 0.25) is 0 Å². The Kier molecular flexibility index (Phi) is 4.04. The maximum atomic E-state index is 14.2. The summed E-state index contributed by atoms with van der Waals surface area (Å²) in [5.41, 5.74) is 0.803. The van der Waals surface area contributed by atoms with Crippen molar-refractivity contribution in [3.8, 4) is 0 Å². The molecule has 1 heterocycles. The fourth-order valence-corrected chi connectivity index (χ4v) is 2.43. The molecular weight excluding hydrogens is 263 g/mol. The number of anilines is 2. The molecular formula is C14H17FN2O3. The van der Waals surface area contributed by atoms with Crippen LogP contribution >= 0.6 is 0 Å². The first-order valence-corrected chi connectivity index (χ1v) is 6.44. The molecule has 1 N–H and O–H groups in total. The van der Waals surface area contributed by atoms with Gasteiger partial charge in [0.25, 0.3) is 11.7 Å². The van der Waals surface area contributed by atoms with Crippen molar-refractivity contribution in [2.75, 3.05) is 30.5 Å². The summed E-state index contributed by atoms with van der Waals surface area (Å²) < 4.78 is 19.3. The number of halogens is 1. The van der Waals surface area contributed by atoms with Gasteiger partial charge in [-0.3, -0.25) is 9.59 Å². The Morgan fingerprint density at radius 3 is 2.70 bits per heavy atom. The van der Waals surface area contributed by atoms with Crippen LogP contribution in [0.3, 0.4) is 0 Å². The lowest BCUT2D eigenvalue weighted by Gasteiger charge is -2.30. The van der Waals surface area contributed by atoms with Gasteiger partial charge in [-0.2, -0.15) is 0 Å². The summed E-state index contributed by atoms with van der Waals surface area (Å²) in [6.07, 6.45) is 0. The van der Waals surface area contributed by atoms with E-state index in [-0.39, 0.29) is 11.6 Å². The fraction of sp³-hybridized carbons (Fsp3) is 0.429. The van der Waals surface area contributed by atoms with Gasteiger partial charge in [0.2, 0.25) is 0 Å². The molecule has 108 valence electrons. The highest BCUT2D eigenvalue weighted by atomic mass is 19.1. The molecule has 1 aliphatic heterocycles. The number of Topliss-reactive ketones (excluding diaryl/α,β-unsaturated/α-hetero) is 1. The molecule has 0 radical (unpaired) electrons. The molecule has 0 saturated heterocycles. The van der Waals surface area contributed by atoms with Crippen LogP contribution in [0, 0.1) is 5.82 Å². The van der Waals surface area contributed by atoms with E-state index in [1.54, 1.807) is 7.11 Å². The standard InChI is InChI=1S/C14H17FN2O3/c1-4-17(8(2)7-20-3)12-6-11-9(5-10(12)15)13(18)14(19)16-11/h5-6,8H,4,7H2,1-3H3,(H,16,18,19). The third-order valence-corrected chi connectivity index (χ3v) is 3.38. The van der Waals surface area contributed by atoms with Gasteiger partial charge in [0.1, 0.15) is 5.82 Å². The second-order valence-corrected chi connectivity index (χ2v) is 4.72. The number of ketones is 1. The normalized spacial score (nSPS) is 15.0. The van der Waals surface area contributed by atoms with Gasteiger partial charge in [-0.25, -0.2) is 4.39 Å². The van der Waals surface area contributed by atoms with Gasteiger partial charge >= 0.3 is 0 Å². The first-order valence-electron chi connectivity index (χ1n) is 6.44. The minimum absolute atomic E-state index is 0.0228. The number of likely N-dealkylation sites (N-methyl/N-ethyl adjacent to an activating group) is 1. The molecule has 6 heteroatoms. The highest BCUT2D eigenvalue weighted by molar-refractivity contribution is 6.51. The van der Waals surface area contributed by atoms with Crippen molar-refractivity contribution in [3.63, 3.8) is 0 Å². The van der Waals surface area contributed by atoms with Crippen LogP contribution < -0.4 is 10.2 Å². The molecule has 0 spiro atoms. The van der Waals surface area contributed by atoms with Crippen LogP contribution in [-0.4, -0.2) is 38.0 Å². The molecule has 1 aromatic carbocycles. The lowest BCUT2D eigenvalue weighted by molar-refractivity contribution is -0.112. The highest BCUT2D eigenvalue weighted by Gasteiger charge is 2.30. The molecule has 0 aliphatic carbocycles. The number of nitrogens with one attached hydrogen (secondary N) is 1. The fourth-order valence-electron chi connectivity index (χ4n) is 2.43.